The number of nitrogens with one attached hydrogen (secondary N) is 2. The minimum atomic E-state index is -0.224. The van der Waals surface area contributed by atoms with Crippen molar-refractivity contribution in [3.8, 4) is 5.75 Å². The lowest BCUT2D eigenvalue weighted by Gasteiger charge is -2.32. The number of ether oxygens (including phenoxy) is 1. The Kier molecular flexibility index (Phi) is 5.26. The number of halogens is 1. The molecule has 2 N–H and O–H groups in total. The second-order valence-electron chi connectivity index (χ2n) is 7.14. The van der Waals surface area contributed by atoms with Crippen LogP contribution in [-0.4, -0.2) is 37.6 Å². The van der Waals surface area contributed by atoms with Gasteiger partial charge in [0.05, 0.1) is 23.0 Å². The third-order valence-electron chi connectivity index (χ3n) is 5.30. The number of amides is 2. The highest BCUT2D eigenvalue weighted by Gasteiger charge is 2.41. The largest absolute Gasteiger partial charge is 0.496 e. The number of hydrogen-bond donors (Lipinski definition) is 2. The smallest absolute Gasteiger partial charge is 0.247 e. The molecule has 2 unspecified atom stereocenters. The van der Waals surface area contributed by atoms with Gasteiger partial charge in [-0.3, -0.25) is 9.59 Å². The van der Waals surface area contributed by atoms with Gasteiger partial charge in [-0.1, -0.05) is 18.2 Å². The van der Waals surface area contributed by atoms with Crippen LogP contribution in [0.4, 0.5) is 11.4 Å². The van der Waals surface area contributed by atoms with Crippen molar-refractivity contribution in [2.24, 2.45) is 0 Å². The molecule has 6 nitrogen and oxygen atoms in total. The van der Waals surface area contributed by atoms with Crippen LogP contribution in [0, 0.1) is 0 Å². The lowest BCUT2D eigenvalue weighted by atomic mass is 10.1. The quantitative estimate of drug-likeness (QED) is 0.744. The van der Waals surface area contributed by atoms with Crippen molar-refractivity contribution in [3.05, 3.63) is 52.5 Å². The van der Waals surface area contributed by atoms with Crippen LogP contribution in [0.1, 0.15) is 18.4 Å². The van der Waals surface area contributed by atoms with Crippen molar-refractivity contribution in [1.29, 1.82) is 0 Å². The number of hydrogen-bond acceptors (Lipinski definition) is 4. The zero-order valence-electron chi connectivity index (χ0n) is 15.6. The molecule has 2 aliphatic heterocycles. The summed E-state index contributed by atoms with van der Waals surface area (Å²) in [4.78, 5) is 26.9. The van der Waals surface area contributed by atoms with Gasteiger partial charge in [-0.2, -0.15) is 0 Å². The number of methoxy groups -OCH3 is 1. The first-order chi connectivity index (χ1) is 13.5. The van der Waals surface area contributed by atoms with E-state index < -0.39 is 0 Å². The van der Waals surface area contributed by atoms with E-state index in [2.05, 4.69) is 31.5 Å². The van der Waals surface area contributed by atoms with Crippen molar-refractivity contribution < 1.29 is 14.3 Å². The topological polar surface area (TPSA) is 70.7 Å². The Morgan fingerprint density at radius 2 is 2.14 bits per heavy atom. The van der Waals surface area contributed by atoms with Gasteiger partial charge >= 0.3 is 0 Å². The molecule has 1 saturated heterocycles. The second kappa shape index (κ2) is 7.83. The molecule has 2 heterocycles. The summed E-state index contributed by atoms with van der Waals surface area (Å²) in [6, 6.07) is 13.4. The Balaban J connectivity index is 1.35. The van der Waals surface area contributed by atoms with Crippen LogP contribution >= 0.6 is 15.9 Å². The average molecular weight is 444 g/mol. The number of nitrogens with zero attached hydrogens (tertiary/aromatic N) is 1. The minimum Gasteiger partial charge on any atom is -0.496 e. The number of para-hydroxylation sites is 2. The number of aryl methyl sites for hydroxylation is 1. The Hall–Kier alpha value is -2.54. The van der Waals surface area contributed by atoms with E-state index in [1.165, 1.54) is 0 Å². The van der Waals surface area contributed by atoms with Gasteiger partial charge in [0.15, 0.2) is 0 Å². The fourth-order valence-electron chi connectivity index (χ4n) is 3.92. The highest BCUT2D eigenvalue weighted by Crippen LogP contribution is 2.36. The highest BCUT2D eigenvalue weighted by molar-refractivity contribution is 9.10. The maximum absolute atomic E-state index is 12.4. The predicted molar refractivity (Wildman–Crippen MR) is 112 cm³/mol. The number of carbonyl (C=O) groups is 2. The van der Waals surface area contributed by atoms with Gasteiger partial charge in [0, 0.05) is 19.0 Å². The SMILES string of the molecule is COc1ccc(CCC(=O)NC2CC3C(=O)Nc4ccccc4N3C2)cc1Br. The van der Waals surface area contributed by atoms with Crippen molar-refractivity contribution >= 4 is 39.1 Å². The number of benzene rings is 2. The van der Waals surface area contributed by atoms with Crippen LogP contribution in [-0.2, 0) is 16.0 Å². The van der Waals surface area contributed by atoms with E-state index in [1.807, 2.05) is 42.5 Å². The maximum atomic E-state index is 12.4. The van der Waals surface area contributed by atoms with Gasteiger partial charge in [0.25, 0.3) is 0 Å². The van der Waals surface area contributed by atoms with Gasteiger partial charge in [0.1, 0.15) is 11.8 Å². The lowest BCUT2D eigenvalue weighted by Crippen LogP contribution is -2.44. The van der Waals surface area contributed by atoms with Gasteiger partial charge in [-0.15, -0.1) is 0 Å². The maximum Gasteiger partial charge on any atom is 0.247 e. The van der Waals surface area contributed by atoms with Gasteiger partial charge in [0.2, 0.25) is 11.8 Å². The van der Waals surface area contributed by atoms with Gasteiger partial charge < -0.3 is 20.3 Å². The molecule has 2 aromatic rings. The van der Waals surface area contributed by atoms with E-state index in [-0.39, 0.29) is 23.9 Å². The fourth-order valence-corrected chi connectivity index (χ4v) is 4.51. The van der Waals surface area contributed by atoms with Crippen molar-refractivity contribution in [3.63, 3.8) is 0 Å². The minimum absolute atomic E-state index is 0.00136. The van der Waals surface area contributed by atoms with Crippen LogP contribution < -0.4 is 20.3 Å². The number of fused-ring (bicyclic) bond motifs is 3. The third-order valence-corrected chi connectivity index (χ3v) is 5.92. The molecule has 0 saturated carbocycles. The van der Waals surface area contributed by atoms with E-state index in [9.17, 15) is 9.59 Å². The Morgan fingerprint density at radius 1 is 1.32 bits per heavy atom. The zero-order valence-corrected chi connectivity index (χ0v) is 17.2. The summed E-state index contributed by atoms with van der Waals surface area (Å²) in [7, 11) is 1.63. The summed E-state index contributed by atoms with van der Waals surface area (Å²) >= 11 is 3.47. The second-order valence-corrected chi connectivity index (χ2v) is 8.00. The Labute approximate surface area is 172 Å². The van der Waals surface area contributed by atoms with Crippen LogP contribution in [0.5, 0.6) is 5.75 Å². The lowest BCUT2D eigenvalue weighted by molar-refractivity contribution is -0.122. The van der Waals surface area contributed by atoms with Crippen molar-refractivity contribution in [2.45, 2.75) is 31.3 Å². The first-order valence-electron chi connectivity index (χ1n) is 9.33. The van der Waals surface area contributed by atoms with Gasteiger partial charge in [-0.25, -0.2) is 0 Å². The molecule has 0 aliphatic carbocycles. The summed E-state index contributed by atoms with van der Waals surface area (Å²) in [5.41, 5.74) is 2.92. The molecule has 7 heteroatoms. The van der Waals surface area contributed by atoms with Crippen LogP contribution in [0.25, 0.3) is 0 Å². The average Bonchev–Trinajstić information content (AvgIpc) is 3.11. The van der Waals surface area contributed by atoms with Crippen LogP contribution in [0.3, 0.4) is 0 Å². The van der Waals surface area contributed by atoms with E-state index in [1.54, 1.807) is 7.11 Å². The third kappa shape index (κ3) is 3.71. The molecule has 2 aliphatic rings. The molecule has 146 valence electrons. The molecular weight excluding hydrogens is 422 g/mol. The van der Waals surface area contributed by atoms with Gasteiger partial charge in [-0.05, 0) is 58.6 Å². The molecule has 0 spiro atoms. The molecular formula is C21H22BrN3O3. The highest BCUT2D eigenvalue weighted by atomic mass is 79.9. The molecule has 0 aromatic heterocycles. The first kappa shape index (κ1) is 18.8. The molecule has 4 rings (SSSR count). The number of carbonyl (C=O) groups excluding carboxylic acids is 2. The molecule has 0 radical (unpaired) electrons. The fraction of sp³-hybridized carbons (Fsp3) is 0.333. The molecule has 2 aromatic carbocycles. The Bertz CT molecular complexity index is 918. The Morgan fingerprint density at radius 3 is 2.93 bits per heavy atom. The van der Waals surface area contributed by atoms with E-state index in [0.717, 1.165) is 27.2 Å². The standard InChI is InChI=1S/C21H22BrN3O3/c1-28-19-8-6-13(10-15(19)22)7-9-20(26)23-14-11-18-21(27)24-16-4-2-3-5-17(16)25(18)12-14/h2-6,8,10,14,18H,7,9,11-12H2,1H3,(H,23,26)(H,24,27). The summed E-state index contributed by atoms with van der Waals surface area (Å²) < 4.78 is 6.11. The predicted octanol–water partition coefficient (Wildman–Crippen LogP) is 3.11. The molecule has 1 fully saturated rings. The summed E-state index contributed by atoms with van der Waals surface area (Å²) in [6.45, 7) is 0.648. The van der Waals surface area contributed by atoms with Crippen molar-refractivity contribution in [2.75, 3.05) is 23.9 Å². The molecule has 0 bridgehead atoms. The normalized spacial score (nSPS) is 20.2. The number of rotatable bonds is 5. The number of anilines is 2. The molecule has 28 heavy (non-hydrogen) atoms. The molecule has 2 amide bonds. The summed E-state index contributed by atoms with van der Waals surface area (Å²) in [5, 5.41) is 6.06. The zero-order chi connectivity index (χ0) is 19.7. The van der Waals surface area contributed by atoms with Crippen LogP contribution in [0.15, 0.2) is 46.9 Å². The van der Waals surface area contributed by atoms with Crippen molar-refractivity contribution in [1.82, 2.24) is 5.32 Å². The molecule has 2 atom stereocenters. The van der Waals surface area contributed by atoms with E-state index >= 15 is 0 Å². The summed E-state index contributed by atoms with van der Waals surface area (Å²) in [6.07, 6.45) is 1.68. The monoisotopic (exact) mass is 443 g/mol. The summed E-state index contributed by atoms with van der Waals surface area (Å²) in [5.74, 6) is 0.776. The van der Waals surface area contributed by atoms with E-state index in [0.29, 0.717) is 25.8 Å². The van der Waals surface area contributed by atoms with E-state index in [4.69, 9.17) is 4.74 Å². The first-order valence-corrected chi connectivity index (χ1v) is 10.1. The van der Waals surface area contributed by atoms with Crippen LogP contribution in [0.2, 0.25) is 0 Å².